The van der Waals surface area contributed by atoms with Gasteiger partial charge < -0.3 is 10.6 Å². The molecule has 0 aromatic carbocycles. The van der Waals surface area contributed by atoms with Gasteiger partial charge in [0.1, 0.15) is 0 Å². The van der Waals surface area contributed by atoms with E-state index in [4.69, 9.17) is 0 Å². The first-order chi connectivity index (χ1) is 9.27. The first kappa shape index (κ1) is 13.1. The van der Waals surface area contributed by atoms with Gasteiger partial charge in [0.15, 0.2) is 0 Å². The smallest absolute Gasteiger partial charge is 0.252 e. The number of rotatable bonds is 2. The van der Waals surface area contributed by atoms with E-state index < -0.39 is 0 Å². The summed E-state index contributed by atoms with van der Waals surface area (Å²) in [5.74, 6) is 0.0964. The number of piperidine rings is 1. The van der Waals surface area contributed by atoms with Crippen molar-refractivity contribution in [3.63, 3.8) is 0 Å². The Labute approximate surface area is 118 Å². The molecule has 2 heterocycles. The van der Waals surface area contributed by atoms with Gasteiger partial charge in [-0.3, -0.25) is 4.79 Å². The molecule has 1 amide bonds. The monoisotopic (exact) mass is 278 g/mol. The minimum Gasteiger partial charge on any atom is -0.349 e. The summed E-state index contributed by atoms with van der Waals surface area (Å²) >= 11 is 1.58. The summed E-state index contributed by atoms with van der Waals surface area (Å²) in [4.78, 5) is 12.1. The van der Waals surface area contributed by atoms with Gasteiger partial charge in [-0.15, -0.1) is 0 Å². The van der Waals surface area contributed by atoms with Crippen LogP contribution in [0.15, 0.2) is 16.8 Å². The van der Waals surface area contributed by atoms with Gasteiger partial charge >= 0.3 is 0 Å². The molecule has 1 aliphatic carbocycles. The van der Waals surface area contributed by atoms with Crippen molar-refractivity contribution in [3.8, 4) is 0 Å². The summed E-state index contributed by atoms with van der Waals surface area (Å²) < 4.78 is 0. The Balaban J connectivity index is 1.60. The number of hydrogen-bond acceptors (Lipinski definition) is 3. The highest BCUT2D eigenvalue weighted by atomic mass is 32.1. The fourth-order valence-electron chi connectivity index (χ4n) is 3.55. The molecule has 1 aromatic heterocycles. The second-order valence-electron chi connectivity index (χ2n) is 5.94. The first-order valence-electron chi connectivity index (χ1n) is 7.36. The maximum Gasteiger partial charge on any atom is 0.252 e. The predicted molar refractivity (Wildman–Crippen MR) is 78.6 cm³/mol. The van der Waals surface area contributed by atoms with E-state index in [2.05, 4.69) is 10.6 Å². The number of thiophene rings is 1. The maximum atomic E-state index is 12.1. The van der Waals surface area contributed by atoms with E-state index in [1.807, 2.05) is 16.8 Å². The summed E-state index contributed by atoms with van der Waals surface area (Å²) in [5, 5.41) is 10.8. The Morgan fingerprint density at radius 1 is 1.37 bits per heavy atom. The van der Waals surface area contributed by atoms with Gasteiger partial charge in [-0.05, 0) is 43.7 Å². The summed E-state index contributed by atoms with van der Waals surface area (Å²) in [7, 11) is 0. The zero-order valence-electron chi connectivity index (χ0n) is 11.3. The number of hydrogen-bond donors (Lipinski definition) is 2. The standard InChI is InChI=1S/C15H22N2OS/c18-14(12-5-9-19-11-12)17-13-4-8-16-15(10-13)6-2-1-3-7-15/h5,9,11,13,16H,1-4,6-8,10H2,(H,17,18). The second-order valence-corrected chi connectivity index (χ2v) is 6.72. The van der Waals surface area contributed by atoms with Crippen LogP contribution in [0.4, 0.5) is 0 Å². The molecule has 1 aromatic rings. The van der Waals surface area contributed by atoms with E-state index in [-0.39, 0.29) is 5.91 Å². The molecule has 2 fully saturated rings. The number of amides is 1. The summed E-state index contributed by atoms with van der Waals surface area (Å²) in [5.41, 5.74) is 1.12. The van der Waals surface area contributed by atoms with E-state index in [1.165, 1.54) is 32.1 Å². The van der Waals surface area contributed by atoms with Gasteiger partial charge in [0.2, 0.25) is 0 Å². The first-order valence-corrected chi connectivity index (χ1v) is 8.30. The van der Waals surface area contributed by atoms with Crippen molar-refractivity contribution in [2.45, 2.75) is 56.5 Å². The van der Waals surface area contributed by atoms with Crippen LogP contribution in [0.1, 0.15) is 55.3 Å². The van der Waals surface area contributed by atoms with E-state index >= 15 is 0 Å². The molecule has 3 nitrogen and oxygen atoms in total. The lowest BCUT2D eigenvalue weighted by atomic mass is 9.75. The molecule has 1 saturated heterocycles. The van der Waals surface area contributed by atoms with Crippen LogP contribution in [0, 0.1) is 0 Å². The zero-order chi connectivity index (χ0) is 13.1. The van der Waals surface area contributed by atoms with Crippen molar-refractivity contribution >= 4 is 17.2 Å². The Kier molecular flexibility index (Phi) is 3.89. The van der Waals surface area contributed by atoms with Gasteiger partial charge in [-0.2, -0.15) is 11.3 Å². The lowest BCUT2D eigenvalue weighted by Gasteiger charge is -2.44. The SMILES string of the molecule is O=C(NC1CCNC2(CCCCC2)C1)c1ccsc1. The predicted octanol–water partition coefficient (Wildman–Crippen LogP) is 2.93. The van der Waals surface area contributed by atoms with Gasteiger partial charge in [0, 0.05) is 22.5 Å². The van der Waals surface area contributed by atoms with Crippen molar-refractivity contribution in [1.82, 2.24) is 10.6 Å². The van der Waals surface area contributed by atoms with Crippen LogP contribution in [-0.4, -0.2) is 24.0 Å². The van der Waals surface area contributed by atoms with Crippen molar-refractivity contribution in [3.05, 3.63) is 22.4 Å². The Morgan fingerprint density at radius 2 is 2.21 bits per heavy atom. The van der Waals surface area contributed by atoms with Crippen LogP contribution in [0.25, 0.3) is 0 Å². The lowest BCUT2D eigenvalue weighted by molar-refractivity contribution is 0.0893. The third-order valence-electron chi connectivity index (χ3n) is 4.56. The molecule has 0 bridgehead atoms. The molecule has 1 unspecified atom stereocenters. The van der Waals surface area contributed by atoms with Crippen LogP contribution in [-0.2, 0) is 0 Å². The highest BCUT2D eigenvalue weighted by Crippen LogP contribution is 2.34. The minimum atomic E-state index is 0.0964. The fourth-order valence-corrected chi connectivity index (χ4v) is 4.19. The van der Waals surface area contributed by atoms with E-state index in [0.29, 0.717) is 11.6 Å². The molecular weight excluding hydrogens is 256 g/mol. The molecule has 104 valence electrons. The van der Waals surface area contributed by atoms with Crippen LogP contribution in [0.5, 0.6) is 0 Å². The van der Waals surface area contributed by atoms with Gasteiger partial charge in [-0.1, -0.05) is 19.3 Å². The summed E-state index contributed by atoms with van der Waals surface area (Å²) in [6.45, 7) is 1.04. The largest absolute Gasteiger partial charge is 0.349 e. The van der Waals surface area contributed by atoms with Gasteiger partial charge in [0.05, 0.1) is 0 Å². The summed E-state index contributed by atoms with van der Waals surface area (Å²) in [6, 6.07) is 2.24. The molecular formula is C15H22N2OS. The molecule has 19 heavy (non-hydrogen) atoms. The normalized spacial score (nSPS) is 26.2. The third kappa shape index (κ3) is 3.00. The topological polar surface area (TPSA) is 41.1 Å². The molecule has 3 rings (SSSR count). The quantitative estimate of drug-likeness (QED) is 0.873. The zero-order valence-corrected chi connectivity index (χ0v) is 12.1. The molecule has 4 heteroatoms. The van der Waals surface area contributed by atoms with Crippen LogP contribution in [0.3, 0.4) is 0 Å². The number of carbonyl (C=O) groups excluding carboxylic acids is 1. The Hall–Kier alpha value is -0.870. The maximum absolute atomic E-state index is 12.1. The summed E-state index contributed by atoms with van der Waals surface area (Å²) in [6.07, 6.45) is 8.74. The Bertz CT molecular complexity index is 418. The molecule has 2 N–H and O–H groups in total. The van der Waals surface area contributed by atoms with Crippen LogP contribution >= 0.6 is 11.3 Å². The highest BCUT2D eigenvalue weighted by Gasteiger charge is 2.37. The Morgan fingerprint density at radius 3 is 2.95 bits per heavy atom. The van der Waals surface area contributed by atoms with Crippen LogP contribution in [0.2, 0.25) is 0 Å². The molecule has 1 atom stereocenters. The van der Waals surface area contributed by atoms with Crippen molar-refractivity contribution in [2.75, 3.05) is 6.54 Å². The van der Waals surface area contributed by atoms with Crippen molar-refractivity contribution < 1.29 is 4.79 Å². The van der Waals surface area contributed by atoms with E-state index in [0.717, 1.165) is 24.9 Å². The average molecular weight is 278 g/mol. The second kappa shape index (κ2) is 5.63. The minimum absolute atomic E-state index is 0.0964. The third-order valence-corrected chi connectivity index (χ3v) is 5.24. The van der Waals surface area contributed by atoms with Gasteiger partial charge in [0.25, 0.3) is 5.91 Å². The van der Waals surface area contributed by atoms with E-state index in [1.54, 1.807) is 11.3 Å². The van der Waals surface area contributed by atoms with Crippen molar-refractivity contribution in [2.24, 2.45) is 0 Å². The lowest BCUT2D eigenvalue weighted by Crippen LogP contribution is -2.57. The highest BCUT2D eigenvalue weighted by molar-refractivity contribution is 7.08. The van der Waals surface area contributed by atoms with Crippen molar-refractivity contribution in [1.29, 1.82) is 0 Å². The average Bonchev–Trinajstić information content (AvgIpc) is 2.93. The van der Waals surface area contributed by atoms with Crippen LogP contribution < -0.4 is 10.6 Å². The van der Waals surface area contributed by atoms with E-state index in [9.17, 15) is 4.79 Å². The molecule has 1 spiro atoms. The molecule has 0 radical (unpaired) electrons. The fraction of sp³-hybridized carbons (Fsp3) is 0.667. The van der Waals surface area contributed by atoms with Gasteiger partial charge in [-0.25, -0.2) is 0 Å². The number of nitrogens with one attached hydrogen (secondary N) is 2. The molecule has 1 aliphatic heterocycles. The number of carbonyl (C=O) groups is 1. The molecule has 2 aliphatic rings. The molecule has 1 saturated carbocycles.